The van der Waals surface area contributed by atoms with Gasteiger partial charge in [0.2, 0.25) is 0 Å². The van der Waals surface area contributed by atoms with Crippen LogP contribution in [0.2, 0.25) is 0 Å². The predicted octanol–water partition coefficient (Wildman–Crippen LogP) is 7.49. The molecule has 0 fully saturated rings. The third kappa shape index (κ3) is 3.64. The number of hydrogen-bond donors (Lipinski definition) is 0. The average molecular weight is 414 g/mol. The highest BCUT2D eigenvalue weighted by Crippen LogP contribution is 2.37. The second kappa shape index (κ2) is 8.05. The van der Waals surface area contributed by atoms with Gasteiger partial charge in [0.25, 0.3) is 0 Å². The topological polar surface area (TPSA) is 0 Å². The van der Waals surface area contributed by atoms with Gasteiger partial charge in [-0.2, -0.15) is 0 Å². The largest absolute Gasteiger partial charge is 0.206 e. The molecule has 1 aliphatic carbocycles. The smallest absolute Gasteiger partial charge is 0.159 e. The first-order chi connectivity index (χ1) is 14.4. The van der Waals surface area contributed by atoms with Crippen LogP contribution in [0.5, 0.6) is 0 Å². The Morgan fingerprint density at radius 3 is 2.17 bits per heavy atom. The van der Waals surface area contributed by atoms with Gasteiger partial charge in [-0.05, 0) is 71.4 Å². The summed E-state index contributed by atoms with van der Waals surface area (Å²) in [7, 11) is 0. The standard InChI is InChI=1S/C25H19F5/c1-2-3-14-10-22(28)24(23(29)11-14)17-5-8-18-15(12-17)4-7-19(25(18)30)16-6-9-20(26)21(27)13-16/h4,6-7,9-13H,2-3,5,8H2,1H3. The molecule has 3 aromatic rings. The minimum absolute atomic E-state index is 0.0782. The molecule has 0 amide bonds. The molecule has 0 aromatic heterocycles. The Labute approximate surface area is 171 Å². The first-order valence-electron chi connectivity index (χ1n) is 9.84. The van der Waals surface area contributed by atoms with Gasteiger partial charge in [0.15, 0.2) is 11.6 Å². The molecule has 0 unspecified atom stereocenters. The van der Waals surface area contributed by atoms with Gasteiger partial charge >= 0.3 is 0 Å². The summed E-state index contributed by atoms with van der Waals surface area (Å²) in [5.74, 6) is -3.82. The number of hydrogen-bond acceptors (Lipinski definition) is 0. The van der Waals surface area contributed by atoms with E-state index in [1.54, 1.807) is 12.1 Å². The summed E-state index contributed by atoms with van der Waals surface area (Å²) in [5, 5.41) is 0. The molecule has 0 heterocycles. The first-order valence-corrected chi connectivity index (χ1v) is 9.84. The fourth-order valence-corrected chi connectivity index (χ4v) is 3.99. The summed E-state index contributed by atoms with van der Waals surface area (Å²) in [6.07, 6.45) is 3.49. The van der Waals surface area contributed by atoms with Gasteiger partial charge in [0.05, 0.1) is 0 Å². The molecule has 0 saturated carbocycles. The number of halogens is 5. The van der Waals surface area contributed by atoms with Crippen molar-refractivity contribution in [3.05, 3.63) is 93.8 Å². The second-order valence-electron chi connectivity index (χ2n) is 7.48. The Balaban J connectivity index is 1.74. The molecule has 0 aliphatic heterocycles. The fraction of sp³-hybridized carbons (Fsp3) is 0.200. The zero-order valence-corrected chi connectivity index (χ0v) is 16.3. The van der Waals surface area contributed by atoms with E-state index in [4.69, 9.17) is 0 Å². The van der Waals surface area contributed by atoms with E-state index in [1.807, 2.05) is 6.92 Å². The molecule has 0 bridgehead atoms. The number of allylic oxidation sites excluding steroid dienone is 1. The summed E-state index contributed by atoms with van der Waals surface area (Å²) in [5.41, 5.74) is 2.31. The Morgan fingerprint density at radius 2 is 1.50 bits per heavy atom. The van der Waals surface area contributed by atoms with Gasteiger partial charge < -0.3 is 0 Å². The summed E-state index contributed by atoms with van der Waals surface area (Å²) < 4.78 is 71.1. The van der Waals surface area contributed by atoms with E-state index in [1.165, 1.54) is 24.3 Å². The number of benzene rings is 3. The highest BCUT2D eigenvalue weighted by Gasteiger charge is 2.22. The molecule has 0 atom stereocenters. The minimum atomic E-state index is -1.05. The van der Waals surface area contributed by atoms with E-state index in [2.05, 4.69) is 0 Å². The lowest BCUT2D eigenvalue weighted by molar-refractivity contribution is 0.509. The number of aryl methyl sites for hydroxylation is 1. The zero-order chi connectivity index (χ0) is 21.4. The van der Waals surface area contributed by atoms with Crippen molar-refractivity contribution >= 4 is 11.6 Å². The van der Waals surface area contributed by atoms with Crippen molar-refractivity contribution in [2.45, 2.75) is 32.6 Å². The maximum Gasteiger partial charge on any atom is 0.159 e. The van der Waals surface area contributed by atoms with Crippen LogP contribution in [0.25, 0.3) is 22.8 Å². The van der Waals surface area contributed by atoms with Gasteiger partial charge in [-0.1, -0.05) is 37.6 Å². The van der Waals surface area contributed by atoms with Crippen LogP contribution in [-0.4, -0.2) is 0 Å². The molecule has 5 heteroatoms. The van der Waals surface area contributed by atoms with Crippen LogP contribution in [0.3, 0.4) is 0 Å². The van der Waals surface area contributed by atoms with Crippen LogP contribution >= 0.6 is 0 Å². The van der Waals surface area contributed by atoms with Gasteiger partial charge in [-0.15, -0.1) is 0 Å². The van der Waals surface area contributed by atoms with Crippen molar-refractivity contribution in [1.82, 2.24) is 0 Å². The van der Waals surface area contributed by atoms with Crippen LogP contribution in [-0.2, 0) is 12.8 Å². The Kier molecular flexibility index (Phi) is 5.46. The maximum absolute atomic E-state index is 15.1. The molecule has 30 heavy (non-hydrogen) atoms. The Morgan fingerprint density at radius 1 is 0.767 bits per heavy atom. The lowest BCUT2D eigenvalue weighted by Crippen LogP contribution is -2.06. The molecule has 3 aromatic carbocycles. The van der Waals surface area contributed by atoms with Crippen LogP contribution in [0.15, 0.2) is 42.5 Å². The van der Waals surface area contributed by atoms with E-state index < -0.39 is 29.1 Å². The summed E-state index contributed by atoms with van der Waals surface area (Å²) in [6.45, 7) is 1.94. The molecule has 0 nitrogen and oxygen atoms in total. The summed E-state index contributed by atoms with van der Waals surface area (Å²) in [6, 6.07) is 9.03. The molecule has 4 rings (SSSR count). The van der Waals surface area contributed by atoms with Crippen molar-refractivity contribution in [3.63, 3.8) is 0 Å². The SMILES string of the molecule is CCCc1cc(F)c(C2=Cc3ccc(-c4ccc(F)c(F)c4)c(F)c3CC2)c(F)c1. The third-order valence-electron chi connectivity index (χ3n) is 5.45. The highest BCUT2D eigenvalue weighted by molar-refractivity contribution is 5.86. The lowest BCUT2D eigenvalue weighted by Gasteiger charge is -2.20. The monoisotopic (exact) mass is 414 g/mol. The molecule has 0 radical (unpaired) electrons. The molecule has 154 valence electrons. The van der Waals surface area contributed by atoms with E-state index >= 15 is 4.39 Å². The molecular weight excluding hydrogens is 395 g/mol. The molecule has 0 saturated heterocycles. The maximum atomic E-state index is 15.1. The number of rotatable bonds is 4. The van der Waals surface area contributed by atoms with E-state index in [0.717, 1.165) is 18.6 Å². The van der Waals surface area contributed by atoms with Crippen LogP contribution in [0, 0.1) is 29.1 Å². The molecule has 1 aliphatic rings. The average Bonchev–Trinajstić information content (AvgIpc) is 2.70. The Hall–Kier alpha value is -2.95. The summed E-state index contributed by atoms with van der Waals surface area (Å²) in [4.78, 5) is 0. The van der Waals surface area contributed by atoms with Gasteiger partial charge in [-0.25, -0.2) is 22.0 Å². The van der Waals surface area contributed by atoms with Crippen molar-refractivity contribution in [2.75, 3.05) is 0 Å². The predicted molar refractivity (Wildman–Crippen MR) is 108 cm³/mol. The van der Waals surface area contributed by atoms with Crippen LogP contribution in [0.1, 0.15) is 42.0 Å². The van der Waals surface area contributed by atoms with Crippen molar-refractivity contribution in [2.24, 2.45) is 0 Å². The zero-order valence-electron chi connectivity index (χ0n) is 16.3. The second-order valence-corrected chi connectivity index (χ2v) is 7.48. The fourth-order valence-electron chi connectivity index (χ4n) is 3.99. The normalized spacial score (nSPS) is 13.2. The van der Waals surface area contributed by atoms with E-state index in [0.29, 0.717) is 28.7 Å². The molecule has 0 spiro atoms. The minimum Gasteiger partial charge on any atom is -0.206 e. The van der Waals surface area contributed by atoms with Crippen molar-refractivity contribution in [1.29, 1.82) is 0 Å². The first kappa shape index (κ1) is 20.3. The van der Waals surface area contributed by atoms with Crippen molar-refractivity contribution in [3.8, 4) is 11.1 Å². The lowest BCUT2D eigenvalue weighted by atomic mass is 9.85. The molecule has 0 N–H and O–H groups in total. The Bertz CT molecular complexity index is 1140. The van der Waals surface area contributed by atoms with Crippen molar-refractivity contribution < 1.29 is 22.0 Å². The highest BCUT2D eigenvalue weighted by atomic mass is 19.2. The van der Waals surface area contributed by atoms with Gasteiger partial charge in [0.1, 0.15) is 17.5 Å². The quantitative estimate of drug-likeness (QED) is 0.388. The van der Waals surface area contributed by atoms with E-state index in [-0.39, 0.29) is 29.5 Å². The number of fused-ring (bicyclic) bond motifs is 1. The third-order valence-corrected chi connectivity index (χ3v) is 5.45. The summed E-state index contributed by atoms with van der Waals surface area (Å²) >= 11 is 0. The van der Waals surface area contributed by atoms with Gasteiger partial charge in [0, 0.05) is 11.1 Å². The van der Waals surface area contributed by atoms with Crippen LogP contribution in [0.4, 0.5) is 22.0 Å². The van der Waals surface area contributed by atoms with E-state index in [9.17, 15) is 17.6 Å². The van der Waals surface area contributed by atoms with Gasteiger partial charge in [-0.3, -0.25) is 0 Å². The van der Waals surface area contributed by atoms with Crippen LogP contribution < -0.4 is 0 Å². The molecular formula is C25H19F5.